The summed E-state index contributed by atoms with van der Waals surface area (Å²) in [6.07, 6.45) is 0.155. The van der Waals surface area contributed by atoms with Crippen molar-refractivity contribution in [2.75, 3.05) is 6.61 Å². The van der Waals surface area contributed by atoms with Crippen molar-refractivity contribution in [3.05, 3.63) is 93.1 Å². The van der Waals surface area contributed by atoms with Crippen LogP contribution in [0, 0.1) is 0 Å². The number of amides is 1. The average Bonchev–Trinajstić information content (AvgIpc) is 3.21. The molecule has 2 aromatic carbocycles. The molecule has 0 radical (unpaired) electrons. The number of amidine groups is 1. The Morgan fingerprint density at radius 1 is 1.18 bits per heavy atom. The van der Waals surface area contributed by atoms with Gasteiger partial charge in [-0.2, -0.15) is 0 Å². The minimum atomic E-state index is -0.468. The van der Waals surface area contributed by atoms with Crippen LogP contribution in [-0.4, -0.2) is 28.6 Å². The minimum Gasteiger partial charge on any atom is -0.463 e. The second-order valence-corrected chi connectivity index (χ2v) is 9.31. The molecule has 4 rings (SSSR count). The van der Waals surface area contributed by atoms with E-state index in [1.165, 1.54) is 11.8 Å². The van der Waals surface area contributed by atoms with E-state index < -0.39 is 12.0 Å². The number of carbonyl (C=O) groups is 2. The van der Waals surface area contributed by atoms with Crippen LogP contribution in [0.15, 0.2) is 82.0 Å². The molecule has 0 fully saturated rings. The zero-order valence-electron chi connectivity index (χ0n) is 19.2. The van der Waals surface area contributed by atoms with Crippen molar-refractivity contribution < 1.29 is 14.3 Å². The number of allylic oxidation sites excluding steroid dienone is 1. The van der Waals surface area contributed by atoms with E-state index in [0.29, 0.717) is 16.3 Å². The van der Waals surface area contributed by atoms with Crippen molar-refractivity contribution in [3.8, 4) is 0 Å². The van der Waals surface area contributed by atoms with Gasteiger partial charge in [-0.15, -0.1) is 0 Å². The fourth-order valence-corrected chi connectivity index (χ4v) is 5.17. The fraction of sp³-hybridized carbons (Fsp3) is 0.269. The molecule has 34 heavy (non-hydrogen) atoms. The van der Waals surface area contributed by atoms with Crippen LogP contribution in [-0.2, 0) is 14.3 Å². The maximum Gasteiger partial charge on any atom is 0.338 e. The minimum absolute atomic E-state index is 0.108. The van der Waals surface area contributed by atoms with Crippen molar-refractivity contribution in [2.24, 2.45) is 4.99 Å². The molecule has 2 heterocycles. The SMILES string of the molecule is CCOC(=O)C1=C(C)N=C2SC=C(CC(=O)N[C@H](C)c3ccccc3)N2[C@@H]1c1ccc(Cl)cc1. The Hall–Kier alpha value is -3.03. The normalized spacial score (nSPS) is 18.1. The number of ether oxygens (including phenoxy) is 1. The first-order valence-electron chi connectivity index (χ1n) is 11.1. The van der Waals surface area contributed by atoms with E-state index in [2.05, 4.69) is 10.3 Å². The number of thioether (sulfide) groups is 1. The number of hydrogen-bond donors (Lipinski definition) is 1. The predicted molar refractivity (Wildman–Crippen MR) is 136 cm³/mol. The molecule has 2 atom stereocenters. The van der Waals surface area contributed by atoms with Crippen molar-refractivity contribution >= 4 is 40.4 Å². The molecule has 0 spiro atoms. The van der Waals surface area contributed by atoms with Crippen LogP contribution >= 0.6 is 23.4 Å². The first-order valence-corrected chi connectivity index (χ1v) is 12.4. The highest BCUT2D eigenvalue weighted by atomic mass is 35.5. The van der Waals surface area contributed by atoms with Crippen LogP contribution in [0.3, 0.4) is 0 Å². The molecular weight excluding hydrogens is 470 g/mol. The van der Waals surface area contributed by atoms with Gasteiger partial charge in [-0.05, 0) is 49.4 Å². The molecule has 0 aromatic heterocycles. The largest absolute Gasteiger partial charge is 0.463 e. The van der Waals surface area contributed by atoms with Crippen LogP contribution in [0.25, 0.3) is 0 Å². The second-order valence-electron chi connectivity index (χ2n) is 8.04. The second kappa shape index (κ2) is 10.5. The fourth-order valence-electron chi connectivity index (χ4n) is 4.08. The van der Waals surface area contributed by atoms with Gasteiger partial charge in [-0.1, -0.05) is 65.8 Å². The summed E-state index contributed by atoms with van der Waals surface area (Å²) in [5.41, 5.74) is 3.74. The number of fused-ring (bicyclic) bond motifs is 1. The summed E-state index contributed by atoms with van der Waals surface area (Å²) >= 11 is 7.57. The van der Waals surface area contributed by atoms with E-state index >= 15 is 0 Å². The molecule has 6 nitrogen and oxygen atoms in total. The molecule has 1 amide bonds. The molecule has 8 heteroatoms. The van der Waals surface area contributed by atoms with Gasteiger partial charge in [0, 0.05) is 10.7 Å². The molecule has 2 aliphatic heterocycles. The van der Waals surface area contributed by atoms with Crippen LogP contribution in [0.5, 0.6) is 0 Å². The highest BCUT2D eigenvalue weighted by Gasteiger charge is 2.41. The van der Waals surface area contributed by atoms with Gasteiger partial charge in [0.05, 0.1) is 36.4 Å². The van der Waals surface area contributed by atoms with Crippen molar-refractivity contribution in [1.29, 1.82) is 0 Å². The molecule has 2 aromatic rings. The monoisotopic (exact) mass is 495 g/mol. The zero-order valence-corrected chi connectivity index (χ0v) is 20.8. The Labute approximate surface area is 208 Å². The van der Waals surface area contributed by atoms with E-state index in [4.69, 9.17) is 16.3 Å². The lowest BCUT2D eigenvalue weighted by molar-refractivity contribution is -0.139. The summed E-state index contributed by atoms with van der Waals surface area (Å²) in [7, 11) is 0. The maximum atomic E-state index is 13.0. The number of rotatable bonds is 7. The zero-order chi connectivity index (χ0) is 24.2. The van der Waals surface area contributed by atoms with Crippen LogP contribution in [0.4, 0.5) is 0 Å². The number of nitrogens with one attached hydrogen (secondary N) is 1. The molecule has 1 N–H and O–H groups in total. The van der Waals surface area contributed by atoms with Gasteiger partial charge < -0.3 is 15.0 Å². The number of benzene rings is 2. The van der Waals surface area contributed by atoms with Crippen LogP contribution in [0.1, 0.15) is 50.4 Å². The number of esters is 1. The van der Waals surface area contributed by atoms with Crippen molar-refractivity contribution in [3.63, 3.8) is 0 Å². The maximum absolute atomic E-state index is 13.0. The summed E-state index contributed by atoms with van der Waals surface area (Å²) in [6.45, 7) is 5.81. The van der Waals surface area contributed by atoms with E-state index in [1.807, 2.05) is 66.6 Å². The number of hydrogen-bond acceptors (Lipinski definition) is 6. The lowest BCUT2D eigenvalue weighted by Crippen LogP contribution is -2.38. The van der Waals surface area contributed by atoms with Gasteiger partial charge in [-0.25, -0.2) is 9.79 Å². The third-order valence-corrected chi connectivity index (χ3v) is 6.84. The first-order chi connectivity index (χ1) is 16.4. The quantitative estimate of drug-likeness (QED) is 0.495. The number of halogens is 1. The Morgan fingerprint density at radius 2 is 1.88 bits per heavy atom. The summed E-state index contributed by atoms with van der Waals surface area (Å²) in [5, 5.41) is 6.32. The van der Waals surface area contributed by atoms with Gasteiger partial charge in [0.1, 0.15) is 0 Å². The molecule has 0 bridgehead atoms. The van der Waals surface area contributed by atoms with E-state index in [-0.39, 0.29) is 25.0 Å². The summed E-state index contributed by atoms with van der Waals surface area (Å²) in [4.78, 5) is 32.6. The predicted octanol–water partition coefficient (Wildman–Crippen LogP) is 5.75. The van der Waals surface area contributed by atoms with Crippen LogP contribution in [0.2, 0.25) is 5.02 Å². The molecule has 0 unspecified atom stereocenters. The summed E-state index contributed by atoms with van der Waals surface area (Å²) in [5.74, 6) is -0.524. The molecule has 176 valence electrons. The number of carbonyl (C=O) groups excluding carboxylic acids is 2. The molecular formula is C26H26ClN3O3S. The van der Waals surface area contributed by atoms with E-state index in [9.17, 15) is 9.59 Å². The van der Waals surface area contributed by atoms with Gasteiger partial charge in [0.25, 0.3) is 0 Å². The lowest BCUT2D eigenvalue weighted by atomic mass is 9.94. The van der Waals surface area contributed by atoms with Gasteiger partial charge in [0.2, 0.25) is 5.91 Å². The topological polar surface area (TPSA) is 71.0 Å². The van der Waals surface area contributed by atoms with Crippen LogP contribution < -0.4 is 5.32 Å². The average molecular weight is 496 g/mol. The number of nitrogens with zero attached hydrogens (tertiary/aromatic N) is 2. The molecule has 0 aliphatic carbocycles. The number of aliphatic imine (C=N–C) groups is 1. The Bertz CT molecular complexity index is 1180. The first kappa shape index (κ1) is 24.1. The summed E-state index contributed by atoms with van der Waals surface area (Å²) < 4.78 is 5.37. The summed E-state index contributed by atoms with van der Waals surface area (Å²) in [6, 6.07) is 16.6. The van der Waals surface area contributed by atoms with Gasteiger partial charge in [-0.3, -0.25) is 4.79 Å². The third kappa shape index (κ3) is 5.05. The van der Waals surface area contributed by atoms with Crippen molar-refractivity contribution in [1.82, 2.24) is 10.2 Å². The molecule has 2 aliphatic rings. The van der Waals surface area contributed by atoms with E-state index in [0.717, 1.165) is 22.0 Å². The lowest BCUT2D eigenvalue weighted by Gasteiger charge is -2.36. The van der Waals surface area contributed by atoms with E-state index in [1.54, 1.807) is 19.1 Å². The standard InChI is InChI=1S/C26H26ClN3O3S/c1-4-33-25(32)23-17(3)29-26-30(24(23)19-10-12-20(27)13-11-19)21(15-34-26)14-22(31)28-16(2)18-8-6-5-7-9-18/h5-13,15-16,24H,4,14H2,1-3H3,(H,28,31)/t16-,24-/m1/s1. The highest BCUT2D eigenvalue weighted by molar-refractivity contribution is 8.16. The molecule has 0 saturated carbocycles. The Balaban J connectivity index is 1.62. The Kier molecular flexibility index (Phi) is 7.44. The third-order valence-electron chi connectivity index (χ3n) is 5.70. The van der Waals surface area contributed by atoms with Gasteiger partial charge >= 0.3 is 5.97 Å². The highest BCUT2D eigenvalue weighted by Crippen LogP contribution is 2.45. The smallest absolute Gasteiger partial charge is 0.338 e. The van der Waals surface area contributed by atoms with Gasteiger partial charge in [0.15, 0.2) is 5.17 Å². The molecule has 0 saturated heterocycles. The van der Waals surface area contributed by atoms with Crippen molar-refractivity contribution in [2.45, 2.75) is 39.3 Å². The Morgan fingerprint density at radius 3 is 2.56 bits per heavy atom.